The first-order valence-electron chi connectivity index (χ1n) is 4.53. The lowest BCUT2D eigenvalue weighted by molar-refractivity contribution is -0.129. The van der Waals surface area contributed by atoms with Crippen molar-refractivity contribution in [3.8, 4) is 0 Å². The number of hydrogen-bond donors (Lipinski definition) is 0. The number of carbonyl (C=O) groups excluding carboxylic acids is 2. The summed E-state index contributed by atoms with van der Waals surface area (Å²) in [6.07, 6.45) is 4.12. The molecule has 0 N–H and O–H groups in total. The predicted octanol–water partition coefficient (Wildman–Crippen LogP) is 0.466. The molecule has 0 aromatic rings. The first kappa shape index (κ1) is 8.48. The van der Waals surface area contributed by atoms with E-state index in [4.69, 9.17) is 0 Å². The molecule has 3 atom stereocenters. The van der Waals surface area contributed by atoms with Gasteiger partial charge in [-0.25, -0.2) is 0 Å². The molecule has 13 heavy (non-hydrogen) atoms. The van der Waals surface area contributed by atoms with Crippen LogP contribution in [0.2, 0.25) is 0 Å². The summed E-state index contributed by atoms with van der Waals surface area (Å²) in [5, 5.41) is 0. The number of hydrogen-bond acceptors (Lipinski definition) is 2. The maximum atomic E-state index is 11.3. The summed E-state index contributed by atoms with van der Waals surface area (Å²) in [4.78, 5) is 24.1. The number of fused-ring (bicyclic) bond motifs is 1. The van der Waals surface area contributed by atoms with Gasteiger partial charge in [0.25, 0.3) is 0 Å². The molecule has 0 heterocycles. The topological polar surface area (TPSA) is 37.4 Å². The van der Waals surface area contributed by atoms with Crippen molar-refractivity contribution in [2.75, 3.05) is 14.1 Å². The maximum Gasteiger partial charge on any atom is 0.222 e. The summed E-state index contributed by atoms with van der Waals surface area (Å²) in [6.45, 7) is 0. The molecule has 70 valence electrons. The summed E-state index contributed by atoms with van der Waals surface area (Å²) in [7, 11) is 3.50. The van der Waals surface area contributed by atoms with Crippen molar-refractivity contribution >= 4 is 11.7 Å². The van der Waals surface area contributed by atoms with Crippen LogP contribution >= 0.6 is 0 Å². The van der Waals surface area contributed by atoms with Gasteiger partial charge in [0, 0.05) is 26.4 Å². The van der Waals surface area contributed by atoms with Crippen molar-refractivity contribution in [1.29, 1.82) is 0 Å². The van der Waals surface area contributed by atoms with Crippen molar-refractivity contribution in [2.45, 2.75) is 6.42 Å². The molecule has 0 aliphatic heterocycles. The van der Waals surface area contributed by atoms with Crippen LogP contribution in [0.4, 0.5) is 0 Å². The van der Waals surface area contributed by atoms with E-state index in [1.807, 2.05) is 6.08 Å². The van der Waals surface area contributed by atoms with E-state index in [1.165, 1.54) is 0 Å². The van der Waals surface area contributed by atoms with E-state index in [2.05, 4.69) is 0 Å². The molecule has 3 nitrogen and oxygen atoms in total. The fourth-order valence-corrected chi connectivity index (χ4v) is 2.03. The smallest absolute Gasteiger partial charge is 0.222 e. The van der Waals surface area contributed by atoms with Crippen LogP contribution in [-0.4, -0.2) is 30.7 Å². The minimum absolute atomic E-state index is 0.126. The lowest BCUT2D eigenvalue weighted by atomic mass is 10.1. The third kappa shape index (κ3) is 1.28. The summed E-state index contributed by atoms with van der Waals surface area (Å²) in [6, 6.07) is 0. The molecular formula is C10H13NO2. The second-order valence-corrected chi connectivity index (χ2v) is 4.02. The van der Waals surface area contributed by atoms with Gasteiger partial charge >= 0.3 is 0 Å². The molecule has 2 aliphatic rings. The fourth-order valence-electron chi connectivity index (χ4n) is 2.03. The van der Waals surface area contributed by atoms with Gasteiger partial charge in [0.05, 0.1) is 0 Å². The molecule has 0 spiro atoms. The van der Waals surface area contributed by atoms with Gasteiger partial charge in [-0.3, -0.25) is 9.59 Å². The van der Waals surface area contributed by atoms with Crippen molar-refractivity contribution in [3.05, 3.63) is 12.2 Å². The Labute approximate surface area is 77.4 Å². The van der Waals surface area contributed by atoms with Crippen LogP contribution in [0.3, 0.4) is 0 Å². The minimum atomic E-state index is 0.126. The van der Waals surface area contributed by atoms with Crippen LogP contribution in [0.25, 0.3) is 0 Å². The molecule has 0 radical (unpaired) electrons. The third-order valence-electron chi connectivity index (χ3n) is 2.95. The van der Waals surface area contributed by atoms with Crippen LogP contribution in [-0.2, 0) is 9.59 Å². The van der Waals surface area contributed by atoms with E-state index in [0.29, 0.717) is 18.3 Å². The predicted molar refractivity (Wildman–Crippen MR) is 47.9 cm³/mol. The molecule has 1 saturated carbocycles. The molecule has 0 saturated heterocycles. The summed E-state index contributed by atoms with van der Waals surface area (Å²) in [5.74, 6) is 1.15. The van der Waals surface area contributed by atoms with Crippen LogP contribution < -0.4 is 0 Å². The quantitative estimate of drug-likeness (QED) is 0.617. The van der Waals surface area contributed by atoms with Gasteiger partial charge in [0.2, 0.25) is 5.91 Å². The number of amides is 1. The highest BCUT2D eigenvalue weighted by atomic mass is 16.2. The van der Waals surface area contributed by atoms with Crippen molar-refractivity contribution in [3.63, 3.8) is 0 Å². The van der Waals surface area contributed by atoms with Crippen LogP contribution in [0, 0.1) is 17.8 Å². The lowest BCUT2D eigenvalue weighted by Crippen LogP contribution is -2.22. The highest BCUT2D eigenvalue weighted by molar-refractivity contribution is 5.98. The number of carbonyl (C=O) groups is 2. The second-order valence-electron chi connectivity index (χ2n) is 4.02. The Morgan fingerprint density at radius 2 is 2.23 bits per heavy atom. The third-order valence-corrected chi connectivity index (χ3v) is 2.95. The van der Waals surface area contributed by atoms with Crippen LogP contribution in [0.5, 0.6) is 0 Å². The van der Waals surface area contributed by atoms with E-state index < -0.39 is 0 Å². The Morgan fingerprint density at radius 1 is 1.54 bits per heavy atom. The Kier molecular flexibility index (Phi) is 1.75. The standard InChI is InChI=1S/C10H13NO2/c1-11(2)9(13)5-7-6-3-4-8(12)10(6)7/h3-4,6-7,10H,5H2,1-2H3. The average molecular weight is 179 g/mol. The molecule has 2 aliphatic carbocycles. The molecule has 2 rings (SSSR count). The normalized spacial score (nSPS) is 34.6. The highest BCUT2D eigenvalue weighted by Gasteiger charge is 2.55. The fraction of sp³-hybridized carbons (Fsp3) is 0.600. The minimum Gasteiger partial charge on any atom is -0.349 e. The Bertz CT molecular complexity index is 293. The van der Waals surface area contributed by atoms with E-state index in [9.17, 15) is 9.59 Å². The molecule has 0 aromatic carbocycles. The van der Waals surface area contributed by atoms with Gasteiger partial charge in [0.1, 0.15) is 0 Å². The largest absolute Gasteiger partial charge is 0.349 e. The van der Waals surface area contributed by atoms with E-state index in [1.54, 1.807) is 25.1 Å². The Balaban J connectivity index is 1.91. The van der Waals surface area contributed by atoms with Crippen molar-refractivity contribution in [2.24, 2.45) is 17.8 Å². The zero-order valence-corrected chi connectivity index (χ0v) is 7.86. The van der Waals surface area contributed by atoms with Gasteiger partial charge in [-0.2, -0.15) is 0 Å². The molecular weight excluding hydrogens is 166 g/mol. The summed E-state index contributed by atoms with van der Waals surface area (Å²) in [5.41, 5.74) is 0. The maximum absolute atomic E-state index is 11.3. The number of allylic oxidation sites excluding steroid dienone is 2. The van der Waals surface area contributed by atoms with Gasteiger partial charge in [-0.1, -0.05) is 6.08 Å². The Hall–Kier alpha value is -1.12. The lowest BCUT2D eigenvalue weighted by Gasteiger charge is -2.09. The molecule has 1 amide bonds. The molecule has 0 aromatic heterocycles. The first-order chi connectivity index (χ1) is 6.11. The van der Waals surface area contributed by atoms with Gasteiger partial charge < -0.3 is 4.90 Å². The molecule has 3 unspecified atom stereocenters. The summed E-state index contributed by atoms with van der Waals surface area (Å²) >= 11 is 0. The monoisotopic (exact) mass is 179 g/mol. The van der Waals surface area contributed by atoms with E-state index in [0.717, 1.165) is 0 Å². The van der Waals surface area contributed by atoms with Gasteiger partial charge in [-0.05, 0) is 17.9 Å². The summed E-state index contributed by atoms with van der Waals surface area (Å²) < 4.78 is 0. The zero-order chi connectivity index (χ0) is 9.59. The SMILES string of the molecule is CN(C)C(=O)CC1C2C=CC(=O)C21. The number of nitrogens with zero attached hydrogens (tertiary/aromatic N) is 1. The average Bonchev–Trinajstić information content (AvgIpc) is 2.59. The number of rotatable bonds is 2. The zero-order valence-electron chi connectivity index (χ0n) is 7.86. The molecule has 0 bridgehead atoms. The van der Waals surface area contributed by atoms with Crippen molar-refractivity contribution < 1.29 is 9.59 Å². The number of ketones is 1. The van der Waals surface area contributed by atoms with Gasteiger partial charge in [0.15, 0.2) is 5.78 Å². The van der Waals surface area contributed by atoms with Crippen LogP contribution in [0.1, 0.15) is 6.42 Å². The first-order valence-corrected chi connectivity index (χ1v) is 4.53. The second kappa shape index (κ2) is 2.69. The highest BCUT2D eigenvalue weighted by Crippen LogP contribution is 2.53. The van der Waals surface area contributed by atoms with Crippen molar-refractivity contribution in [1.82, 2.24) is 4.90 Å². The van der Waals surface area contributed by atoms with E-state index >= 15 is 0 Å². The van der Waals surface area contributed by atoms with E-state index in [-0.39, 0.29) is 17.6 Å². The molecule has 3 heteroatoms. The van der Waals surface area contributed by atoms with Crippen LogP contribution in [0.15, 0.2) is 12.2 Å². The molecule has 1 fully saturated rings. The Morgan fingerprint density at radius 3 is 2.69 bits per heavy atom. The van der Waals surface area contributed by atoms with Gasteiger partial charge in [-0.15, -0.1) is 0 Å².